The maximum atomic E-state index is 11.8. The zero-order chi connectivity index (χ0) is 21.3. The lowest BCUT2D eigenvalue weighted by Gasteiger charge is -2.14. The van der Waals surface area contributed by atoms with Gasteiger partial charge in [-0.2, -0.15) is 0 Å². The van der Waals surface area contributed by atoms with Gasteiger partial charge in [0.15, 0.2) is 15.8 Å². The van der Waals surface area contributed by atoms with Gasteiger partial charge in [0.1, 0.15) is 0 Å². The molecule has 0 aliphatic heterocycles. The van der Waals surface area contributed by atoms with Crippen molar-refractivity contribution in [3.8, 4) is 5.88 Å². The Balaban J connectivity index is 0.00000450. The number of nitrogens with zero attached hydrogens (tertiary/aromatic N) is 2. The third kappa shape index (κ3) is 8.10. The van der Waals surface area contributed by atoms with Crippen molar-refractivity contribution in [3.63, 3.8) is 0 Å². The highest BCUT2D eigenvalue weighted by Gasteiger charge is 2.11. The fourth-order valence-corrected chi connectivity index (χ4v) is 3.76. The number of sulfone groups is 1. The summed E-state index contributed by atoms with van der Waals surface area (Å²) in [7, 11) is -3.22. The van der Waals surface area contributed by atoms with Gasteiger partial charge in [-0.15, -0.1) is 24.0 Å². The Labute approximate surface area is 196 Å². The fraction of sp³-hybridized carbons (Fsp3) is 0.429. The van der Waals surface area contributed by atoms with E-state index in [9.17, 15) is 8.42 Å². The summed E-state index contributed by atoms with van der Waals surface area (Å²) in [4.78, 5) is 9.26. The monoisotopic (exact) mass is 546 g/mol. The van der Waals surface area contributed by atoms with Gasteiger partial charge in [0.25, 0.3) is 0 Å². The molecule has 0 amide bonds. The predicted molar refractivity (Wildman–Crippen MR) is 131 cm³/mol. The predicted octanol–water partition coefficient (Wildman–Crippen LogP) is 3.46. The molecule has 2 rings (SSSR count). The summed E-state index contributed by atoms with van der Waals surface area (Å²) in [5.74, 6) is 1.30. The molecule has 0 aliphatic rings. The number of aromatic nitrogens is 1. The van der Waals surface area contributed by atoms with Crippen molar-refractivity contribution < 1.29 is 13.2 Å². The van der Waals surface area contributed by atoms with Crippen LogP contribution in [0, 0.1) is 6.92 Å². The second-order valence-corrected chi connectivity index (χ2v) is 8.72. The van der Waals surface area contributed by atoms with Crippen molar-refractivity contribution in [3.05, 3.63) is 53.2 Å². The molecular weight excluding hydrogens is 515 g/mol. The highest BCUT2D eigenvalue weighted by molar-refractivity contribution is 14.0. The number of nitrogens with one attached hydrogen (secondary N) is 2. The smallest absolute Gasteiger partial charge is 0.218 e. The first-order valence-corrected chi connectivity index (χ1v) is 11.6. The van der Waals surface area contributed by atoms with E-state index in [0.717, 1.165) is 29.7 Å². The molecular formula is C21H31IN4O3S. The molecule has 166 valence electrons. The normalized spacial score (nSPS) is 11.5. The van der Waals surface area contributed by atoms with Crippen LogP contribution in [0.5, 0.6) is 5.88 Å². The highest BCUT2D eigenvalue weighted by Crippen LogP contribution is 2.17. The third-order valence-electron chi connectivity index (χ3n) is 4.14. The summed E-state index contributed by atoms with van der Waals surface area (Å²) < 4.78 is 29.2. The van der Waals surface area contributed by atoms with Crippen molar-refractivity contribution in [2.45, 2.75) is 45.2 Å². The maximum Gasteiger partial charge on any atom is 0.218 e. The number of halogens is 1. The van der Waals surface area contributed by atoms with Crippen LogP contribution < -0.4 is 15.4 Å². The van der Waals surface area contributed by atoms with E-state index in [4.69, 9.17) is 4.74 Å². The molecule has 0 saturated heterocycles. The molecule has 0 unspecified atom stereocenters. The summed E-state index contributed by atoms with van der Waals surface area (Å²) in [6.07, 6.45) is 3.86. The van der Waals surface area contributed by atoms with Gasteiger partial charge in [0, 0.05) is 31.1 Å². The second kappa shape index (κ2) is 12.7. The largest absolute Gasteiger partial charge is 0.477 e. The van der Waals surface area contributed by atoms with Crippen LogP contribution in [0.15, 0.2) is 46.4 Å². The molecule has 0 saturated carbocycles. The third-order valence-corrected chi connectivity index (χ3v) is 5.40. The van der Waals surface area contributed by atoms with E-state index in [2.05, 4.69) is 27.5 Å². The Morgan fingerprint density at radius 1 is 1.20 bits per heavy atom. The lowest BCUT2D eigenvalue weighted by atomic mass is 10.1. The van der Waals surface area contributed by atoms with Crippen LogP contribution in [-0.4, -0.2) is 38.8 Å². The maximum absolute atomic E-state index is 11.8. The van der Waals surface area contributed by atoms with Crippen LogP contribution in [0.3, 0.4) is 0 Å². The minimum atomic E-state index is -3.22. The van der Waals surface area contributed by atoms with Gasteiger partial charge in [-0.1, -0.05) is 25.1 Å². The average Bonchev–Trinajstić information content (AvgIpc) is 2.68. The Morgan fingerprint density at radius 3 is 2.60 bits per heavy atom. The summed E-state index contributed by atoms with van der Waals surface area (Å²) in [6.45, 7) is 8.18. The molecule has 0 fully saturated rings. The zero-order valence-electron chi connectivity index (χ0n) is 17.9. The van der Waals surface area contributed by atoms with Crippen molar-refractivity contribution in [2.75, 3.05) is 19.4 Å². The SMILES string of the molecule is CCCOc1ncccc1CNC(=NCc1ccc(S(C)(=O)=O)c(C)c1)NCC.I. The number of rotatable bonds is 9. The van der Waals surface area contributed by atoms with Gasteiger partial charge in [-0.05, 0) is 43.5 Å². The number of ether oxygens (including phenoxy) is 1. The number of aryl methyl sites for hydroxylation is 1. The van der Waals surface area contributed by atoms with Crippen molar-refractivity contribution in [2.24, 2.45) is 4.99 Å². The Bertz CT molecular complexity index is 949. The van der Waals surface area contributed by atoms with Gasteiger partial charge >= 0.3 is 0 Å². The number of hydrogen-bond donors (Lipinski definition) is 2. The second-order valence-electron chi connectivity index (χ2n) is 6.74. The van der Waals surface area contributed by atoms with Crippen LogP contribution in [0.2, 0.25) is 0 Å². The molecule has 0 bridgehead atoms. The number of hydrogen-bond acceptors (Lipinski definition) is 5. The minimum absolute atomic E-state index is 0. The van der Waals surface area contributed by atoms with Gasteiger partial charge in [0.05, 0.1) is 18.0 Å². The number of aliphatic imine (C=N–C) groups is 1. The summed E-state index contributed by atoms with van der Waals surface area (Å²) in [6, 6.07) is 9.16. The van der Waals surface area contributed by atoms with E-state index >= 15 is 0 Å². The van der Waals surface area contributed by atoms with Gasteiger partial charge < -0.3 is 15.4 Å². The molecule has 1 heterocycles. The van der Waals surface area contributed by atoms with E-state index in [1.165, 1.54) is 6.26 Å². The standard InChI is InChI=1S/C21H30N4O3S.HI/c1-5-12-28-20-18(8-7-11-23-20)15-25-21(22-6-2)24-14-17-9-10-19(16(3)13-17)29(4,26)27;/h7-11,13H,5-6,12,14-15H2,1-4H3,(H2,22,24,25);1H. The first-order valence-electron chi connectivity index (χ1n) is 9.73. The van der Waals surface area contributed by atoms with Crippen molar-refractivity contribution in [1.82, 2.24) is 15.6 Å². The first-order chi connectivity index (χ1) is 13.8. The summed E-state index contributed by atoms with van der Waals surface area (Å²) in [5.41, 5.74) is 2.63. The Kier molecular flexibility index (Phi) is 11.1. The van der Waals surface area contributed by atoms with Gasteiger partial charge in [-0.3, -0.25) is 0 Å². The molecule has 1 aromatic carbocycles. The van der Waals surface area contributed by atoms with Crippen LogP contribution in [0.4, 0.5) is 0 Å². The average molecular weight is 546 g/mol. The van der Waals surface area contributed by atoms with Crippen LogP contribution in [0.1, 0.15) is 37.0 Å². The van der Waals surface area contributed by atoms with E-state index in [-0.39, 0.29) is 24.0 Å². The number of benzene rings is 1. The lowest BCUT2D eigenvalue weighted by Crippen LogP contribution is -2.36. The van der Waals surface area contributed by atoms with Crippen molar-refractivity contribution >= 4 is 39.8 Å². The van der Waals surface area contributed by atoms with Crippen LogP contribution >= 0.6 is 24.0 Å². The quantitative estimate of drug-likeness (QED) is 0.285. The Hall–Kier alpha value is -1.88. The molecule has 0 atom stereocenters. The van der Waals surface area contributed by atoms with E-state index in [1.807, 2.05) is 25.1 Å². The van der Waals surface area contributed by atoms with Crippen LogP contribution in [-0.2, 0) is 22.9 Å². The summed E-state index contributed by atoms with van der Waals surface area (Å²) >= 11 is 0. The zero-order valence-corrected chi connectivity index (χ0v) is 21.1. The molecule has 0 spiro atoms. The van der Waals surface area contributed by atoms with Crippen molar-refractivity contribution in [1.29, 1.82) is 0 Å². The van der Waals surface area contributed by atoms with Gasteiger partial charge in [0.2, 0.25) is 5.88 Å². The summed E-state index contributed by atoms with van der Waals surface area (Å²) in [5, 5.41) is 6.52. The minimum Gasteiger partial charge on any atom is -0.477 e. The molecule has 0 radical (unpaired) electrons. The molecule has 7 nitrogen and oxygen atoms in total. The molecule has 2 aromatic rings. The molecule has 9 heteroatoms. The first kappa shape index (κ1) is 26.2. The van der Waals surface area contributed by atoms with Gasteiger partial charge in [-0.25, -0.2) is 18.4 Å². The highest BCUT2D eigenvalue weighted by atomic mass is 127. The number of guanidine groups is 1. The van der Waals surface area contributed by atoms with E-state index in [0.29, 0.717) is 36.4 Å². The van der Waals surface area contributed by atoms with E-state index in [1.54, 1.807) is 25.3 Å². The molecule has 30 heavy (non-hydrogen) atoms. The lowest BCUT2D eigenvalue weighted by molar-refractivity contribution is 0.301. The molecule has 2 N–H and O–H groups in total. The topological polar surface area (TPSA) is 92.7 Å². The fourth-order valence-electron chi connectivity index (χ4n) is 2.80. The molecule has 0 aliphatic carbocycles. The number of pyridine rings is 1. The van der Waals surface area contributed by atoms with Crippen LogP contribution in [0.25, 0.3) is 0 Å². The molecule has 1 aromatic heterocycles. The van der Waals surface area contributed by atoms with E-state index < -0.39 is 9.84 Å². The Morgan fingerprint density at radius 2 is 1.97 bits per heavy atom.